The fourth-order valence-electron chi connectivity index (χ4n) is 1.10. The van der Waals surface area contributed by atoms with Gasteiger partial charge in [-0.15, -0.1) is 0 Å². The van der Waals surface area contributed by atoms with E-state index in [1.807, 2.05) is 6.92 Å². The number of nitrogens with zero attached hydrogens (tertiary/aromatic N) is 1. The summed E-state index contributed by atoms with van der Waals surface area (Å²) in [5, 5.41) is 0. The Morgan fingerprint density at radius 1 is 1.54 bits per heavy atom. The summed E-state index contributed by atoms with van der Waals surface area (Å²) in [7, 11) is 1.69. The Kier molecular flexibility index (Phi) is 7.30. The summed E-state index contributed by atoms with van der Waals surface area (Å²) >= 11 is 0. The summed E-state index contributed by atoms with van der Waals surface area (Å²) < 4.78 is 4.92. The molecule has 0 fully saturated rings. The summed E-state index contributed by atoms with van der Waals surface area (Å²) in [5.41, 5.74) is 0. The summed E-state index contributed by atoms with van der Waals surface area (Å²) in [4.78, 5) is 13.0. The van der Waals surface area contributed by atoms with E-state index in [2.05, 4.69) is 6.58 Å². The number of carbonyl (C=O) groups excluding carboxylic acids is 1. The van der Waals surface area contributed by atoms with Crippen molar-refractivity contribution < 1.29 is 9.53 Å². The Morgan fingerprint density at radius 3 is 2.69 bits per heavy atom. The van der Waals surface area contributed by atoms with Crippen molar-refractivity contribution in [1.82, 2.24) is 4.90 Å². The molecule has 0 aliphatic heterocycles. The van der Waals surface area contributed by atoms with E-state index >= 15 is 0 Å². The second kappa shape index (κ2) is 7.80. The van der Waals surface area contributed by atoms with Crippen molar-refractivity contribution in [2.45, 2.75) is 19.8 Å². The highest BCUT2D eigenvalue weighted by Crippen LogP contribution is 1.96. The third kappa shape index (κ3) is 5.42. The monoisotopic (exact) mass is 185 g/mol. The maximum atomic E-state index is 11.2. The fourth-order valence-corrected chi connectivity index (χ4v) is 1.10. The third-order valence-electron chi connectivity index (χ3n) is 1.89. The van der Waals surface area contributed by atoms with Crippen molar-refractivity contribution in [3.8, 4) is 0 Å². The molecule has 0 aliphatic carbocycles. The number of rotatable bonds is 7. The molecule has 0 heterocycles. The largest absolute Gasteiger partial charge is 0.385 e. The lowest BCUT2D eigenvalue weighted by Crippen LogP contribution is -2.30. The third-order valence-corrected chi connectivity index (χ3v) is 1.89. The predicted octanol–water partition coefficient (Wildman–Crippen LogP) is 1.45. The van der Waals surface area contributed by atoms with Crippen LogP contribution in [0.5, 0.6) is 0 Å². The fraction of sp³-hybridized carbons (Fsp3) is 0.700. The molecule has 13 heavy (non-hydrogen) atoms. The van der Waals surface area contributed by atoms with Crippen molar-refractivity contribution in [1.29, 1.82) is 0 Å². The molecule has 0 N–H and O–H groups in total. The van der Waals surface area contributed by atoms with Crippen LogP contribution in [0.2, 0.25) is 0 Å². The molecular formula is C10H19NO2. The molecule has 0 saturated heterocycles. The van der Waals surface area contributed by atoms with Crippen molar-refractivity contribution >= 4 is 5.91 Å². The molecule has 0 saturated carbocycles. The van der Waals surface area contributed by atoms with Crippen LogP contribution in [-0.4, -0.2) is 37.6 Å². The summed E-state index contributed by atoms with van der Waals surface area (Å²) in [6, 6.07) is 0. The summed E-state index contributed by atoms with van der Waals surface area (Å²) in [6.07, 6.45) is 3.35. The van der Waals surface area contributed by atoms with Gasteiger partial charge in [0.1, 0.15) is 0 Å². The second-order valence-corrected chi connectivity index (χ2v) is 2.82. The zero-order valence-electron chi connectivity index (χ0n) is 8.58. The maximum Gasteiger partial charge on any atom is 0.245 e. The van der Waals surface area contributed by atoms with Crippen LogP contribution in [0.1, 0.15) is 19.8 Å². The van der Waals surface area contributed by atoms with Crippen LogP contribution in [0, 0.1) is 0 Å². The zero-order valence-corrected chi connectivity index (χ0v) is 8.58. The quantitative estimate of drug-likeness (QED) is 0.444. The molecule has 0 radical (unpaired) electrons. The van der Waals surface area contributed by atoms with Crippen LogP contribution in [0.15, 0.2) is 12.7 Å². The van der Waals surface area contributed by atoms with Gasteiger partial charge < -0.3 is 9.64 Å². The Morgan fingerprint density at radius 2 is 2.23 bits per heavy atom. The normalized spacial score (nSPS) is 9.69. The minimum atomic E-state index is 0.0138. The number of carbonyl (C=O) groups is 1. The second-order valence-electron chi connectivity index (χ2n) is 2.82. The van der Waals surface area contributed by atoms with Gasteiger partial charge >= 0.3 is 0 Å². The average molecular weight is 185 g/mol. The van der Waals surface area contributed by atoms with Gasteiger partial charge in [0.2, 0.25) is 5.91 Å². The Labute approximate surface area is 80.4 Å². The van der Waals surface area contributed by atoms with E-state index in [1.54, 1.807) is 12.0 Å². The highest BCUT2D eigenvalue weighted by atomic mass is 16.5. The SMILES string of the molecule is C=CC(=O)N(CC)CCCCOC. The van der Waals surface area contributed by atoms with Crippen molar-refractivity contribution in [3.63, 3.8) is 0 Å². The van der Waals surface area contributed by atoms with Crippen LogP contribution in [0.4, 0.5) is 0 Å². The van der Waals surface area contributed by atoms with E-state index in [9.17, 15) is 4.79 Å². The van der Waals surface area contributed by atoms with E-state index in [1.165, 1.54) is 6.08 Å². The van der Waals surface area contributed by atoms with Gasteiger partial charge in [-0.05, 0) is 25.8 Å². The predicted molar refractivity (Wildman–Crippen MR) is 53.6 cm³/mol. The number of likely N-dealkylation sites (N-methyl/N-ethyl adjacent to an activating group) is 1. The molecule has 0 bridgehead atoms. The summed E-state index contributed by atoms with van der Waals surface area (Å²) in [6.45, 7) is 7.74. The number of amides is 1. The van der Waals surface area contributed by atoms with Crippen LogP contribution < -0.4 is 0 Å². The first-order valence-electron chi connectivity index (χ1n) is 4.66. The smallest absolute Gasteiger partial charge is 0.245 e. The first-order valence-corrected chi connectivity index (χ1v) is 4.66. The van der Waals surface area contributed by atoms with E-state index in [0.29, 0.717) is 0 Å². The first kappa shape index (κ1) is 12.2. The lowest BCUT2D eigenvalue weighted by Gasteiger charge is -2.18. The van der Waals surface area contributed by atoms with Gasteiger partial charge in [0, 0.05) is 26.8 Å². The molecule has 0 unspecified atom stereocenters. The number of unbranched alkanes of at least 4 members (excludes halogenated alkanes) is 1. The molecule has 0 aromatic carbocycles. The lowest BCUT2D eigenvalue weighted by atomic mass is 10.3. The van der Waals surface area contributed by atoms with Crippen LogP contribution in [0.25, 0.3) is 0 Å². The molecule has 0 aliphatic rings. The molecule has 3 nitrogen and oxygen atoms in total. The molecule has 0 atom stereocenters. The molecule has 0 rings (SSSR count). The minimum absolute atomic E-state index is 0.0138. The maximum absolute atomic E-state index is 11.2. The molecule has 0 aromatic rings. The van der Waals surface area contributed by atoms with Crippen molar-refractivity contribution in [3.05, 3.63) is 12.7 Å². The van der Waals surface area contributed by atoms with Gasteiger partial charge in [-0.25, -0.2) is 0 Å². The average Bonchev–Trinajstić information content (AvgIpc) is 2.17. The minimum Gasteiger partial charge on any atom is -0.385 e. The number of hydrogen-bond donors (Lipinski definition) is 0. The Balaban J connectivity index is 3.59. The van der Waals surface area contributed by atoms with Crippen LogP contribution in [-0.2, 0) is 9.53 Å². The van der Waals surface area contributed by atoms with Crippen LogP contribution >= 0.6 is 0 Å². The molecule has 0 aromatic heterocycles. The van der Waals surface area contributed by atoms with Crippen LogP contribution in [0.3, 0.4) is 0 Å². The van der Waals surface area contributed by atoms with Gasteiger partial charge in [-0.2, -0.15) is 0 Å². The highest BCUT2D eigenvalue weighted by molar-refractivity contribution is 5.86. The number of ether oxygens (including phenoxy) is 1. The molecular weight excluding hydrogens is 166 g/mol. The zero-order chi connectivity index (χ0) is 10.1. The standard InChI is InChI=1S/C10H19NO2/c1-4-10(12)11(5-2)8-6-7-9-13-3/h4H,1,5-9H2,2-3H3. The summed E-state index contributed by atoms with van der Waals surface area (Å²) in [5.74, 6) is 0.0138. The van der Waals surface area contributed by atoms with Gasteiger partial charge in [-0.3, -0.25) is 4.79 Å². The number of hydrogen-bond acceptors (Lipinski definition) is 2. The van der Waals surface area contributed by atoms with E-state index in [4.69, 9.17) is 4.74 Å². The molecule has 1 amide bonds. The van der Waals surface area contributed by atoms with E-state index in [0.717, 1.165) is 32.5 Å². The number of methoxy groups -OCH3 is 1. The van der Waals surface area contributed by atoms with Crippen molar-refractivity contribution in [2.75, 3.05) is 26.8 Å². The first-order chi connectivity index (χ1) is 6.26. The molecule has 0 spiro atoms. The lowest BCUT2D eigenvalue weighted by molar-refractivity contribution is -0.125. The Bertz CT molecular complexity index is 157. The molecule has 76 valence electrons. The highest BCUT2D eigenvalue weighted by Gasteiger charge is 2.05. The van der Waals surface area contributed by atoms with E-state index in [-0.39, 0.29) is 5.91 Å². The van der Waals surface area contributed by atoms with Gasteiger partial charge in [-0.1, -0.05) is 6.58 Å². The van der Waals surface area contributed by atoms with Gasteiger partial charge in [0.15, 0.2) is 0 Å². The van der Waals surface area contributed by atoms with Gasteiger partial charge in [0.05, 0.1) is 0 Å². The van der Waals surface area contributed by atoms with E-state index < -0.39 is 0 Å². The topological polar surface area (TPSA) is 29.5 Å². The van der Waals surface area contributed by atoms with Crippen molar-refractivity contribution in [2.24, 2.45) is 0 Å². The Hall–Kier alpha value is -0.830. The van der Waals surface area contributed by atoms with Gasteiger partial charge in [0.25, 0.3) is 0 Å². The molecule has 3 heteroatoms.